The van der Waals surface area contributed by atoms with Crippen molar-refractivity contribution in [3.8, 4) is 6.07 Å². The number of hydrogen-bond donors (Lipinski definition) is 0. The highest BCUT2D eigenvalue weighted by molar-refractivity contribution is 5.83. The molecule has 0 radical (unpaired) electrons. The van der Waals surface area contributed by atoms with E-state index >= 15 is 0 Å². The molecule has 1 fully saturated rings. The maximum atomic E-state index is 11.3. The van der Waals surface area contributed by atoms with Crippen LogP contribution in [-0.2, 0) is 19.0 Å². The lowest BCUT2D eigenvalue weighted by Gasteiger charge is -2.07. The summed E-state index contributed by atoms with van der Waals surface area (Å²) in [5.41, 5.74) is -0.841. The van der Waals surface area contributed by atoms with Crippen LogP contribution in [0.5, 0.6) is 0 Å². The van der Waals surface area contributed by atoms with Crippen molar-refractivity contribution in [2.45, 2.75) is 12.8 Å². The first-order valence-corrected chi connectivity index (χ1v) is 4.90. The van der Waals surface area contributed by atoms with E-state index in [1.165, 1.54) is 0 Å². The molecule has 0 aromatic rings. The van der Waals surface area contributed by atoms with Gasteiger partial charge in [0.15, 0.2) is 5.41 Å². The van der Waals surface area contributed by atoms with E-state index in [4.69, 9.17) is 19.5 Å². The maximum Gasteiger partial charge on any atom is 0.326 e. The minimum absolute atomic E-state index is 0.200. The lowest BCUT2D eigenvalue weighted by molar-refractivity contribution is -0.149. The van der Waals surface area contributed by atoms with Gasteiger partial charge in [-0.1, -0.05) is 0 Å². The molecule has 5 heteroatoms. The first-order chi connectivity index (χ1) is 7.25. The predicted octanol–water partition coefficient (Wildman–Crippen LogP) is 0.496. The molecule has 5 nitrogen and oxygen atoms in total. The van der Waals surface area contributed by atoms with Gasteiger partial charge in [0, 0.05) is 7.11 Å². The molecular weight excluding hydrogens is 198 g/mol. The fourth-order valence-electron chi connectivity index (χ4n) is 1.06. The molecule has 0 spiro atoms. The third kappa shape index (κ3) is 3.50. The molecule has 1 saturated carbocycles. The van der Waals surface area contributed by atoms with Crippen LogP contribution in [0.15, 0.2) is 0 Å². The highest BCUT2D eigenvalue weighted by atomic mass is 16.6. The molecule has 0 aliphatic heterocycles. The molecule has 0 heterocycles. The molecule has 1 rings (SSSR count). The van der Waals surface area contributed by atoms with Crippen LogP contribution in [-0.4, -0.2) is 39.5 Å². The lowest BCUT2D eigenvalue weighted by Crippen LogP contribution is -2.20. The van der Waals surface area contributed by atoms with E-state index in [0.29, 0.717) is 32.7 Å². The highest BCUT2D eigenvalue weighted by Gasteiger charge is 2.52. The Hall–Kier alpha value is -1.12. The van der Waals surface area contributed by atoms with Gasteiger partial charge in [0.05, 0.1) is 25.9 Å². The van der Waals surface area contributed by atoms with Crippen LogP contribution in [0.3, 0.4) is 0 Å². The summed E-state index contributed by atoms with van der Waals surface area (Å²) in [6, 6.07) is 1.98. The van der Waals surface area contributed by atoms with Crippen LogP contribution in [0.25, 0.3) is 0 Å². The second-order valence-corrected chi connectivity index (χ2v) is 3.44. The number of carbonyl (C=O) groups is 1. The van der Waals surface area contributed by atoms with Crippen LogP contribution < -0.4 is 0 Å². The lowest BCUT2D eigenvalue weighted by atomic mass is 10.1. The Balaban J connectivity index is 2.01. The Bertz CT molecular complexity index is 255. The van der Waals surface area contributed by atoms with Gasteiger partial charge in [-0.05, 0) is 12.8 Å². The summed E-state index contributed by atoms with van der Waals surface area (Å²) in [7, 11) is 1.59. The average molecular weight is 213 g/mol. The van der Waals surface area contributed by atoms with Crippen molar-refractivity contribution in [2.24, 2.45) is 5.41 Å². The van der Waals surface area contributed by atoms with Crippen LogP contribution in [0, 0.1) is 16.7 Å². The second kappa shape index (κ2) is 5.69. The van der Waals surface area contributed by atoms with E-state index in [9.17, 15) is 4.79 Å². The molecule has 1 aliphatic rings. The van der Waals surface area contributed by atoms with Crippen molar-refractivity contribution in [1.29, 1.82) is 5.26 Å². The van der Waals surface area contributed by atoms with Crippen molar-refractivity contribution in [2.75, 3.05) is 33.5 Å². The third-order valence-corrected chi connectivity index (χ3v) is 2.25. The first-order valence-electron chi connectivity index (χ1n) is 4.90. The molecule has 0 aromatic carbocycles. The molecular formula is C10H15NO4. The minimum Gasteiger partial charge on any atom is -0.462 e. The summed E-state index contributed by atoms with van der Waals surface area (Å²) in [5, 5.41) is 8.70. The van der Waals surface area contributed by atoms with E-state index in [-0.39, 0.29) is 6.61 Å². The smallest absolute Gasteiger partial charge is 0.326 e. The third-order valence-electron chi connectivity index (χ3n) is 2.25. The van der Waals surface area contributed by atoms with Crippen LogP contribution in [0.2, 0.25) is 0 Å². The SMILES string of the molecule is COCCOCCOC(=O)C1(C#N)CC1. The van der Waals surface area contributed by atoms with Crippen molar-refractivity contribution in [3.05, 3.63) is 0 Å². The van der Waals surface area contributed by atoms with Crippen molar-refractivity contribution >= 4 is 5.97 Å². The molecule has 1 aliphatic carbocycles. The summed E-state index contributed by atoms with van der Waals surface area (Å²) >= 11 is 0. The zero-order valence-corrected chi connectivity index (χ0v) is 8.82. The van der Waals surface area contributed by atoms with Crippen LogP contribution in [0.4, 0.5) is 0 Å². The summed E-state index contributed by atoms with van der Waals surface area (Å²) in [6.07, 6.45) is 1.24. The van der Waals surface area contributed by atoms with Gasteiger partial charge in [0.25, 0.3) is 0 Å². The van der Waals surface area contributed by atoms with E-state index in [1.54, 1.807) is 7.11 Å². The molecule has 84 valence electrons. The summed E-state index contributed by atoms with van der Waals surface area (Å²) < 4.78 is 14.8. The Kier molecular flexibility index (Phi) is 4.53. The predicted molar refractivity (Wildman–Crippen MR) is 50.9 cm³/mol. The van der Waals surface area contributed by atoms with Crippen LogP contribution in [0.1, 0.15) is 12.8 Å². The quantitative estimate of drug-likeness (QED) is 0.455. The summed E-state index contributed by atoms with van der Waals surface area (Å²) in [5.74, 6) is -0.416. The number of esters is 1. The van der Waals surface area contributed by atoms with E-state index < -0.39 is 11.4 Å². The number of ether oxygens (including phenoxy) is 3. The topological polar surface area (TPSA) is 68.6 Å². The Morgan fingerprint density at radius 3 is 2.53 bits per heavy atom. The number of rotatable bonds is 7. The van der Waals surface area contributed by atoms with Crippen molar-refractivity contribution in [3.63, 3.8) is 0 Å². The van der Waals surface area contributed by atoms with Gasteiger partial charge in [-0.25, -0.2) is 0 Å². The van der Waals surface area contributed by atoms with Crippen molar-refractivity contribution < 1.29 is 19.0 Å². The number of hydrogen-bond acceptors (Lipinski definition) is 5. The van der Waals surface area contributed by atoms with Crippen LogP contribution >= 0.6 is 0 Å². The van der Waals surface area contributed by atoms with Gasteiger partial charge in [-0.15, -0.1) is 0 Å². The number of nitriles is 1. The average Bonchev–Trinajstić information content (AvgIpc) is 3.03. The highest BCUT2D eigenvalue weighted by Crippen LogP contribution is 2.45. The van der Waals surface area contributed by atoms with E-state index in [2.05, 4.69) is 0 Å². The van der Waals surface area contributed by atoms with Gasteiger partial charge >= 0.3 is 5.97 Å². The molecule has 15 heavy (non-hydrogen) atoms. The Morgan fingerprint density at radius 2 is 2.00 bits per heavy atom. The number of methoxy groups -OCH3 is 1. The molecule has 0 atom stereocenters. The fourth-order valence-corrected chi connectivity index (χ4v) is 1.06. The second-order valence-electron chi connectivity index (χ2n) is 3.44. The first kappa shape index (κ1) is 12.0. The molecule has 0 amide bonds. The van der Waals surface area contributed by atoms with Gasteiger partial charge in [0.2, 0.25) is 0 Å². The van der Waals surface area contributed by atoms with Gasteiger partial charge in [-0.3, -0.25) is 4.79 Å². The zero-order valence-electron chi connectivity index (χ0n) is 8.82. The van der Waals surface area contributed by atoms with Gasteiger partial charge < -0.3 is 14.2 Å². The zero-order chi connectivity index (χ0) is 11.1. The number of carbonyl (C=O) groups excluding carboxylic acids is 1. The standard InChI is InChI=1S/C10H15NO4/c1-13-4-5-14-6-7-15-9(12)10(8-11)2-3-10/h2-7H2,1H3. The molecule has 0 unspecified atom stereocenters. The minimum atomic E-state index is -0.841. The molecule has 0 saturated heterocycles. The molecule has 0 N–H and O–H groups in total. The Morgan fingerprint density at radius 1 is 1.33 bits per heavy atom. The normalized spacial score (nSPS) is 16.8. The fraction of sp³-hybridized carbons (Fsp3) is 0.800. The molecule has 0 bridgehead atoms. The summed E-state index contributed by atoms with van der Waals surface area (Å²) in [4.78, 5) is 11.3. The Labute approximate surface area is 88.9 Å². The summed E-state index contributed by atoms with van der Waals surface area (Å²) in [6.45, 7) is 1.55. The largest absolute Gasteiger partial charge is 0.462 e. The number of nitrogens with zero attached hydrogens (tertiary/aromatic N) is 1. The van der Waals surface area contributed by atoms with Crippen molar-refractivity contribution in [1.82, 2.24) is 0 Å². The monoisotopic (exact) mass is 213 g/mol. The van der Waals surface area contributed by atoms with E-state index in [0.717, 1.165) is 0 Å². The van der Waals surface area contributed by atoms with Gasteiger partial charge in [0.1, 0.15) is 6.61 Å². The van der Waals surface area contributed by atoms with E-state index in [1.807, 2.05) is 6.07 Å². The maximum absolute atomic E-state index is 11.3. The van der Waals surface area contributed by atoms with Gasteiger partial charge in [-0.2, -0.15) is 5.26 Å². The molecule has 0 aromatic heterocycles.